The van der Waals surface area contributed by atoms with Crippen LogP contribution in [-0.2, 0) is 4.79 Å². The quantitative estimate of drug-likeness (QED) is 0.674. The van der Waals surface area contributed by atoms with Gasteiger partial charge in [0.25, 0.3) is 5.91 Å². The molecule has 2 amide bonds. The lowest BCUT2D eigenvalue weighted by atomic mass is 10.2. The SMILES string of the molecule is CCCC(=O)N1CCN(c2ccc(Cl)cc2NC(=S)NC(=O)c2cccs2)CC1. The number of anilines is 2. The van der Waals surface area contributed by atoms with Gasteiger partial charge < -0.3 is 15.1 Å². The minimum atomic E-state index is -0.246. The number of hydrogen-bond donors (Lipinski definition) is 2. The fourth-order valence-corrected chi connectivity index (χ4v) is 4.17. The lowest BCUT2D eigenvalue weighted by Gasteiger charge is -2.37. The highest BCUT2D eigenvalue weighted by molar-refractivity contribution is 7.80. The van der Waals surface area contributed by atoms with Crippen LogP contribution < -0.4 is 15.5 Å². The maximum atomic E-state index is 12.2. The summed E-state index contributed by atoms with van der Waals surface area (Å²) in [5.41, 5.74) is 1.66. The number of nitrogens with one attached hydrogen (secondary N) is 2. The van der Waals surface area contributed by atoms with Gasteiger partial charge in [-0.3, -0.25) is 14.9 Å². The van der Waals surface area contributed by atoms with Gasteiger partial charge in [-0.15, -0.1) is 11.3 Å². The van der Waals surface area contributed by atoms with Crippen molar-refractivity contribution in [2.24, 2.45) is 0 Å². The fourth-order valence-electron chi connectivity index (χ4n) is 3.18. The van der Waals surface area contributed by atoms with Crippen LogP contribution in [0.1, 0.15) is 29.4 Å². The lowest BCUT2D eigenvalue weighted by molar-refractivity contribution is -0.131. The Morgan fingerprint density at radius 2 is 1.97 bits per heavy atom. The summed E-state index contributed by atoms with van der Waals surface area (Å²) in [6.45, 7) is 4.82. The highest BCUT2D eigenvalue weighted by Gasteiger charge is 2.22. The summed E-state index contributed by atoms with van der Waals surface area (Å²) in [5.74, 6) is -0.0387. The molecule has 0 bridgehead atoms. The van der Waals surface area contributed by atoms with Gasteiger partial charge in [-0.05, 0) is 48.3 Å². The van der Waals surface area contributed by atoms with Crippen LogP contribution in [0.3, 0.4) is 0 Å². The van der Waals surface area contributed by atoms with Gasteiger partial charge in [0.15, 0.2) is 5.11 Å². The molecule has 154 valence electrons. The fraction of sp³-hybridized carbons (Fsp3) is 0.350. The molecule has 2 heterocycles. The molecule has 0 aliphatic carbocycles. The number of halogens is 1. The van der Waals surface area contributed by atoms with Crippen molar-refractivity contribution in [3.63, 3.8) is 0 Å². The Hall–Kier alpha value is -2.16. The lowest BCUT2D eigenvalue weighted by Crippen LogP contribution is -2.49. The molecule has 1 aromatic carbocycles. The van der Waals surface area contributed by atoms with E-state index in [0.29, 0.717) is 29.4 Å². The highest BCUT2D eigenvalue weighted by atomic mass is 35.5. The molecule has 0 atom stereocenters. The van der Waals surface area contributed by atoms with Crippen molar-refractivity contribution in [3.8, 4) is 0 Å². The average molecular weight is 451 g/mol. The molecule has 9 heteroatoms. The molecule has 29 heavy (non-hydrogen) atoms. The summed E-state index contributed by atoms with van der Waals surface area (Å²) in [4.78, 5) is 29.0. The molecule has 1 saturated heterocycles. The molecule has 6 nitrogen and oxygen atoms in total. The molecule has 1 aliphatic rings. The minimum absolute atomic E-state index is 0.207. The summed E-state index contributed by atoms with van der Waals surface area (Å²) < 4.78 is 0. The maximum Gasteiger partial charge on any atom is 0.267 e. The molecule has 0 spiro atoms. The maximum absolute atomic E-state index is 12.2. The number of carbonyl (C=O) groups excluding carboxylic acids is 2. The van der Waals surface area contributed by atoms with E-state index in [1.807, 2.05) is 35.4 Å². The van der Waals surface area contributed by atoms with E-state index < -0.39 is 0 Å². The van der Waals surface area contributed by atoms with E-state index >= 15 is 0 Å². The number of amides is 2. The first-order chi connectivity index (χ1) is 14.0. The Bertz CT molecular complexity index is 881. The van der Waals surface area contributed by atoms with Gasteiger partial charge in [0.1, 0.15) is 0 Å². The normalized spacial score (nSPS) is 13.9. The predicted molar refractivity (Wildman–Crippen MR) is 123 cm³/mol. The van der Waals surface area contributed by atoms with Crippen LogP contribution in [0.15, 0.2) is 35.7 Å². The van der Waals surface area contributed by atoms with Gasteiger partial charge in [0.05, 0.1) is 16.3 Å². The molecule has 3 rings (SSSR count). The summed E-state index contributed by atoms with van der Waals surface area (Å²) in [6.07, 6.45) is 1.45. The molecule has 2 aromatic rings. The zero-order chi connectivity index (χ0) is 20.8. The number of hydrogen-bond acceptors (Lipinski definition) is 5. The van der Waals surface area contributed by atoms with Gasteiger partial charge in [-0.25, -0.2) is 0 Å². The molecule has 1 aromatic heterocycles. The summed E-state index contributed by atoms with van der Waals surface area (Å²) in [5, 5.41) is 8.41. The third-order valence-corrected chi connectivity index (χ3v) is 5.92. The van der Waals surface area contributed by atoms with Crippen LogP contribution in [0.5, 0.6) is 0 Å². The monoisotopic (exact) mass is 450 g/mol. The number of thiophene rings is 1. The standard InChI is InChI=1S/C20H23ClN4O2S2/c1-2-4-18(26)25-10-8-24(9-11-25)16-7-6-14(21)13-15(16)22-20(28)23-19(27)17-5-3-12-29-17/h3,5-7,12-13H,2,4,8-11H2,1H3,(H2,22,23,27,28). The van der Waals surface area contributed by atoms with Crippen LogP contribution in [0.2, 0.25) is 5.02 Å². The number of rotatable bonds is 5. The average Bonchev–Trinajstić information content (AvgIpc) is 3.23. The number of piperazine rings is 1. The second-order valence-corrected chi connectivity index (χ2v) is 8.46. The Morgan fingerprint density at radius 1 is 1.21 bits per heavy atom. The minimum Gasteiger partial charge on any atom is -0.366 e. The molecule has 0 saturated carbocycles. The predicted octanol–water partition coefficient (Wildman–Crippen LogP) is 3.98. The zero-order valence-corrected chi connectivity index (χ0v) is 18.5. The molecule has 1 aliphatic heterocycles. The largest absolute Gasteiger partial charge is 0.366 e. The van der Waals surface area contributed by atoms with E-state index in [-0.39, 0.29) is 16.9 Å². The zero-order valence-electron chi connectivity index (χ0n) is 16.1. The van der Waals surface area contributed by atoms with Crippen molar-refractivity contribution in [2.75, 3.05) is 36.4 Å². The summed E-state index contributed by atoms with van der Waals surface area (Å²) in [7, 11) is 0. The van der Waals surface area contributed by atoms with E-state index in [1.165, 1.54) is 11.3 Å². The van der Waals surface area contributed by atoms with Crippen LogP contribution in [0.4, 0.5) is 11.4 Å². The Labute approximate surface area is 184 Å². The van der Waals surface area contributed by atoms with Crippen molar-refractivity contribution < 1.29 is 9.59 Å². The molecule has 0 unspecified atom stereocenters. The molecule has 2 N–H and O–H groups in total. The highest BCUT2D eigenvalue weighted by Crippen LogP contribution is 2.30. The first-order valence-electron chi connectivity index (χ1n) is 9.46. The van der Waals surface area contributed by atoms with Crippen molar-refractivity contribution >= 4 is 63.5 Å². The van der Waals surface area contributed by atoms with E-state index in [4.69, 9.17) is 23.8 Å². The molecule has 0 radical (unpaired) electrons. The number of benzene rings is 1. The first kappa shape index (κ1) is 21.5. The summed E-state index contributed by atoms with van der Waals surface area (Å²) >= 11 is 12.9. The Kier molecular flexibility index (Phi) is 7.46. The van der Waals surface area contributed by atoms with E-state index in [9.17, 15) is 9.59 Å². The topological polar surface area (TPSA) is 64.7 Å². The van der Waals surface area contributed by atoms with Crippen LogP contribution in [0.25, 0.3) is 0 Å². The Balaban J connectivity index is 1.66. The van der Waals surface area contributed by atoms with E-state index in [2.05, 4.69) is 15.5 Å². The summed E-state index contributed by atoms with van der Waals surface area (Å²) in [6, 6.07) is 9.10. The van der Waals surface area contributed by atoms with Gasteiger partial charge in [0.2, 0.25) is 5.91 Å². The number of carbonyl (C=O) groups is 2. The number of thiocarbonyl (C=S) groups is 1. The number of nitrogens with zero attached hydrogens (tertiary/aromatic N) is 2. The molecule has 1 fully saturated rings. The van der Waals surface area contributed by atoms with E-state index in [0.717, 1.165) is 30.9 Å². The van der Waals surface area contributed by atoms with E-state index in [1.54, 1.807) is 12.1 Å². The Morgan fingerprint density at radius 3 is 2.62 bits per heavy atom. The van der Waals surface area contributed by atoms with Crippen LogP contribution >= 0.6 is 35.2 Å². The second-order valence-electron chi connectivity index (χ2n) is 6.66. The molecular weight excluding hydrogens is 428 g/mol. The molecular formula is C20H23ClN4O2S2. The van der Waals surface area contributed by atoms with Gasteiger partial charge in [-0.2, -0.15) is 0 Å². The van der Waals surface area contributed by atoms with Crippen LogP contribution in [-0.4, -0.2) is 48.0 Å². The second kappa shape index (κ2) is 10.0. The van der Waals surface area contributed by atoms with Gasteiger partial charge in [0, 0.05) is 37.6 Å². The van der Waals surface area contributed by atoms with Crippen molar-refractivity contribution in [1.29, 1.82) is 0 Å². The third-order valence-electron chi connectivity index (χ3n) is 4.62. The van der Waals surface area contributed by atoms with Crippen LogP contribution in [0, 0.1) is 0 Å². The van der Waals surface area contributed by atoms with Crippen molar-refractivity contribution in [2.45, 2.75) is 19.8 Å². The van der Waals surface area contributed by atoms with Gasteiger partial charge >= 0.3 is 0 Å². The third kappa shape index (κ3) is 5.68. The van der Waals surface area contributed by atoms with Crippen molar-refractivity contribution in [3.05, 3.63) is 45.6 Å². The van der Waals surface area contributed by atoms with Crippen molar-refractivity contribution in [1.82, 2.24) is 10.2 Å². The smallest absolute Gasteiger partial charge is 0.267 e. The first-order valence-corrected chi connectivity index (χ1v) is 11.1. The van der Waals surface area contributed by atoms with Gasteiger partial charge in [-0.1, -0.05) is 24.6 Å².